The molecule has 0 fully saturated rings. The van der Waals surface area contributed by atoms with Crippen molar-refractivity contribution in [3.63, 3.8) is 0 Å². The van der Waals surface area contributed by atoms with E-state index < -0.39 is 6.04 Å². The van der Waals surface area contributed by atoms with Crippen molar-refractivity contribution in [2.75, 3.05) is 13.6 Å². The van der Waals surface area contributed by atoms with E-state index in [1.165, 1.54) is 4.90 Å². The molecule has 0 aromatic heterocycles. The van der Waals surface area contributed by atoms with Crippen molar-refractivity contribution in [2.24, 2.45) is 11.7 Å². The van der Waals surface area contributed by atoms with Crippen LogP contribution in [-0.2, 0) is 11.2 Å². The van der Waals surface area contributed by atoms with E-state index in [4.69, 9.17) is 11.0 Å². The number of nitrogens with zero attached hydrogens (tertiary/aromatic N) is 2. The summed E-state index contributed by atoms with van der Waals surface area (Å²) < 4.78 is 0. The Bertz CT molecular complexity index is 465. The summed E-state index contributed by atoms with van der Waals surface area (Å²) in [6.45, 7) is 2.13. The van der Waals surface area contributed by atoms with Gasteiger partial charge in [-0.3, -0.25) is 4.79 Å². The van der Waals surface area contributed by atoms with E-state index in [0.29, 0.717) is 13.0 Å². The molecule has 0 bridgehead atoms. The Morgan fingerprint density at radius 1 is 1.47 bits per heavy atom. The SMILES string of the molecule is CC(C#N)CN(C)C(=O)[C@@H](N)Cc1ccc(O)cc1. The van der Waals surface area contributed by atoms with E-state index in [2.05, 4.69) is 6.07 Å². The Hall–Kier alpha value is -2.06. The van der Waals surface area contributed by atoms with Crippen molar-refractivity contribution in [1.29, 1.82) is 5.26 Å². The summed E-state index contributed by atoms with van der Waals surface area (Å²) in [6.07, 6.45) is 0.407. The fourth-order valence-electron chi connectivity index (χ4n) is 1.80. The van der Waals surface area contributed by atoms with E-state index >= 15 is 0 Å². The summed E-state index contributed by atoms with van der Waals surface area (Å²) in [4.78, 5) is 13.5. The fraction of sp³-hybridized carbons (Fsp3) is 0.429. The second-order valence-electron chi connectivity index (χ2n) is 4.73. The predicted molar refractivity (Wildman–Crippen MR) is 72.2 cm³/mol. The van der Waals surface area contributed by atoms with Gasteiger partial charge in [-0.2, -0.15) is 5.26 Å². The number of aromatic hydroxyl groups is 1. The van der Waals surface area contributed by atoms with Crippen LogP contribution in [0.3, 0.4) is 0 Å². The van der Waals surface area contributed by atoms with Crippen molar-refractivity contribution < 1.29 is 9.90 Å². The summed E-state index contributed by atoms with van der Waals surface area (Å²) in [7, 11) is 1.65. The van der Waals surface area contributed by atoms with Crippen LogP contribution >= 0.6 is 0 Å². The third kappa shape index (κ3) is 4.60. The number of nitrogens with two attached hydrogens (primary N) is 1. The highest BCUT2D eigenvalue weighted by Crippen LogP contribution is 2.11. The van der Waals surface area contributed by atoms with Crippen molar-refractivity contribution in [2.45, 2.75) is 19.4 Å². The van der Waals surface area contributed by atoms with E-state index in [-0.39, 0.29) is 17.6 Å². The molecule has 1 aromatic rings. The lowest BCUT2D eigenvalue weighted by Gasteiger charge is -2.22. The van der Waals surface area contributed by atoms with E-state index in [9.17, 15) is 9.90 Å². The third-order valence-electron chi connectivity index (χ3n) is 2.85. The lowest BCUT2D eigenvalue weighted by molar-refractivity contribution is -0.131. The maximum absolute atomic E-state index is 12.0. The number of benzene rings is 1. The van der Waals surface area contributed by atoms with Crippen LogP contribution in [0.2, 0.25) is 0 Å². The zero-order valence-electron chi connectivity index (χ0n) is 11.2. The molecule has 0 saturated carbocycles. The molecule has 3 N–H and O–H groups in total. The van der Waals surface area contributed by atoms with Crippen molar-refractivity contribution >= 4 is 5.91 Å². The van der Waals surface area contributed by atoms with Crippen LogP contribution in [0.4, 0.5) is 0 Å². The van der Waals surface area contributed by atoms with Crippen molar-refractivity contribution in [3.05, 3.63) is 29.8 Å². The quantitative estimate of drug-likeness (QED) is 0.823. The van der Waals surface area contributed by atoms with Gasteiger partial charge in [-0.25, -0.2) is 0 Å². The summed E-state index contributed by atoms with van der Waals surface area (Å²) in [5.41, 5.74) is 6.76. The van der Waals surface area contributed by atoms with Gasteiger partial charge in [0.15, 0.2) is 0 Å². The Balaban J connectivity index is 2.57. The van der Waals surface area contributed by atoms with Gasteiger partial charge < -0.3 is 15.7 Å². The Morgan fingerprint density at radius 2 is 2.05 bits per heavy atom. The van der Waals surface area contributed by atoms with Crippen LogP contribution in [0.15, 0.2) is 24.3 Å². The van der Waals surface area contributed by atoms with Crippen LogP contribution in [0.1, 0.15) is 12.5 Å². The number of phenols is 1. The Morgan fingerprint density at radius 3 is 2.58 bits per heavy atom. The molecule has 2 atom stereocenters. The number of carbonyl (C=O) groups is 1. The molecule has 102 valence electrons. The molecule has 1 amide bonds. The molecule has 0 aliphatic heterocycles. The third-order valence-corrected chi connectivity index (χ3v) is 2.85. The number of likely N-dealkylation sites (N-methyl/N-ethyl adjacent to an activating group) is 1. The molecule has 1 aromatic carbocycles. The first-order valence-electron chi connectivity index (χ1n) is 6.12. The predicted octanol–water partition coefficient (Wildman–Crippen LogP) is 0.880. The lowest BCUT2D eigenvalue weighted by Crippen LogP contribution is -2.44. The van der Waals surface area contributed by atoms with E-state index in [1.807, 2.05) is 0 Å². The molecule has 0 aliphatic rings. The van der Waals surface area contributed by atoms with Gasteiger partial charge in [-0.05, 0) is 31.0 Å². The van der Waals surface area contributed by atoms with Crippen molar-refractivity contribution in [1.82, 2.24) is 4.90 Å². The maximum atomic E-state index is 12.0. The average Bonchev–Trinajstić information content (AvgIpc) is 2.40. The monoisotopic (exact) mass is 261 g/mol. The van der Waals surface area contributed by atoms with Gasteiger partial charge in [0.05, 0.1) is 18.0 Å². The number of rotatable bonds is 5. The molecule has 0 heterocycles. The summed E-state index contributed by atoms with van der Waals surface area (Å²) >= 11 is 0. The molecule has 0 spiro atoms. The molecular weight excluding hydrogens is 242 g/mol. The number of hydrogen-bond donors (Lipinski definition) is 2. The minimum atomic E-state index is -0.638. The molecular formula is C14H19N3O2. The number of hydrogen-bond acceptors (Lipinski definition) is 4. The van der Waals surface area contributed by atoms with Gasteiger partial charge in [-0.1, -0.05) is 12.1 Å². The first kappa shape index (κ1) is 15.0. The lowest BCUT2D eigenvalue weighted by atomic mass is 10.0. The highest BCUT2D eigenvalue weighted by molar-refractivity contribution is 5.81. The highest BCUT2D eigenvalue weighted by atomic mass is 16.3. The van der Waals surface area contributed by atoms with Crippen LogP contribution < -0.4 is 5.73 Å². The number of nitriles is 1. The van der Waals surface area contributed by atoms with Gasteiger partial charge in [0.1, 0.15) is 5.75 Å². The van der Waals surface area contributed by atoms with Crippen LogP contribution in [0.5, 0.6) is 5.75 Å². The normalized spacial score (nSPS) is 13.4. The second kappa shape index (κ2) is 6.76. The number of amides is 1. The maximum Gasteiger partial charge on any atom is 0.239 e. The van der Waals surface area contributed by atoms with Gasteiger partial charge in [0.25, 0.3) is 0 Å². The molecule has 0 saturated heterocycles. The molecule has 1 rings (SSSR count). The molecule has 5 heteroatoms. The Labute approximate surface area is 113 Å². The average molecular weight is 261 g/mol. The van der Waals surface area contributed by atoms with Gasteiger partial charge >= 0.3 is 0 Å². The van der Waals surface area contributed by atoms with Gasteiger partial charge in [0.2, 0.25) is 5.91 Å². The zero-order chi connectivity index (χ0) is 14.4. The molecule has 19 heavy (non-hydrogen) atoms. The van der Waals surface area contributed by atoms with E-state index in [0.717, 1.165) is 5.56 Å². The standard InChI is InChI=1S/C14H19N3O2/c1-10(8-15)9-17(2)14(19)13(16)7-11-3-5-12(18)6-4-11/h3-6,10,13,18H,7,9,16H2,1-2H3/t10?,13-/m0/s1. The van der Waals surface area contributed by atoms with Crippen LogP contribution in [0, 0.1) is 17.2 Å². The summed E-state index contributed by atoms with van der Waals surface area (Å²) in [6, 6.07) is 8.04. The molecule has 0 radical (unpaired) electrons. The van der Waals surface area contributed by atoms with E-state index in [1.54, 1.807) is 38.2 Å². The smallest absolute Gasteiger partial charge is 0.239 e. The van der Waals surface area contributed by atoms with Gasteiger partial charge in [0, 0.05) is 13.6 Å². The summed E-state index contributed by atoms with van der Waals surface area (Å²) in [5.74, 6) is -0.214. The fourth-order valence-corrected chi connectivity index (χ4v) is 1.80. The topological polar surface area (TPSA) is 90.4 Å². The zero-order valence-corrected chi connectivity index (χ0v) is 11.2. The highest BCUT2D eigenvalue weighted by Gasteiger charge is 2.19. The second-order valence-corrected chi connectivity index (χ2v) is 4.73. The van der Waals surface area contributed by atoms with Crippen molar-refractivity contribution in [3.8, 4) is 11.8 Å². The first-order chi connectivity index (χ1) is 8.93. The number of phenolic OH excluding ortho intramolecular Hbond substituents is 1. The minimum Gasteiger partial charge on any atom is -0.508 e. The minimum absolute atomic E-state index is 0.184. The Kier molecular flexibility index (Phi) is 5.34. The van der Waals surface area contributed by atoms with Crippen LogP contribution in [0.25, 0.3) is 0 Å². The first-order valence-corrected chi connectivity index (χ1v) is 6.12. The molecule has 1 unspecified atom stereocenters. The number of carbonyl (C=O) groups excluding carboxylic acids is 1. The van der Waals surface area contributed by atoms with Gasteiger partial charge in [-0.15, -0.1) is 0 Å². The van der Waals surface area contributed by atoms with Crippen LogP contribution in [-0.4, -0.2) is 35.5 Å². The summed E-state index contributed by atoms with van der Waals surface area (Å²) in [5, 5.41) is 17.9. The molecule has 5 nitrogen and oxygen atoms in total. The largest absolute Gasteiger partial charge is 0.508 e. The molecule has 0 aliphatic carbocycles.